The molecule has 0 fully saturated rings. The molecule has 1 aliphatic heterocycles. The van der Waals surface area contributed by atoms with Crippen LogP contribution in [0.25, 0.3) is 0 Å². The number of rotatable bonds is 4. The van der Waals surface area contributed by atoms with Crippen LogP contribution in [0.1, 0.15) is 44.8 Å². The maximum absolute atomic E-state index is 13.1. The molecule has 6 heteroatoms. The van der Waals surface area contributed by atoms with E-state index in [-0.39, 0.29) is 23.7 Å². The number of halogens is 2. The van der Waals surface area contributed by atoms with Gasteiger partial charge in [-0.3, -0.25) is 9.59 Å². The summed E-state index contributed by atoms with van der Waals surface area (Å²) in [6.07, 6.45) is 0.765. The molecular weight excluding hydrogens is 447 g/mol. The smallest absolute Gasteiger partial charge is 0.258 e. The molecule has 0 bridgehead atoms. The zero-order valence-electron chi connectivity index (χ0n) is 16.4. The third-order valence-electron chi connectivity index (χ3n) is 5.27. The van der Waals surface area contributed by atoms with E-state index >= 15 is 0 Å². The number of hydrogen-bond acceptors (Lipinski definition) is 2. The molecule has 0 spiro atoms. The molecule has 0 saturated heterocycles. The highest BCUT2D eigenvalue weighted by molar-refractivity contribution is 9.10. The van der Waals surface area contributed by atoms with Gasteiger partial charge in [0.25, 0.3) is 11.8 Å². The number of hydrogen-bond donors (Lipinski definition) is 1. The predicted molar refractivity (Wildman–Crippen MR) is 118 cm³/mol. The van der Waals surface area contributed by atoms with Crippen LogP contribution in [-0.2, 0) is 6.42 Å². The minimum atomic E-state index is -0.375. The number of nitrogens with zero attached hydrogens (tertiary/aromatic N) is 1. The standard InChI is InChI=1S/C24H20BrFN2O2/c1-15(27-23(29)16-5-8-21(26)9-6-16)17-7-10-22-18(13-17)11-12-28(22)24(30)19-3-2-4-20(25)14-19/h2-10,13-15H,11-12H2,1H3,(H,27,29). The second-order valence-corrected chi connectivity index (χ2v) is 8.22. The van der Waals surface area contributed by atoms with Crippen molar-refractivity contribution >= 4 is 33.4 Å². The molecular formula is C24H20BrFN2O2. The van der Waals surface area contributed by atoms with E-state index < -0.39 is 0 Å². The number of anilines is 1. The van der Waals surface area contributed by atoms with Gasteiger partial charge < -0.3 is 10.2 Å². The molecule has 4 nitrogen and oxygen atoms in total. The average molecular weight is 467 g/mol. The van der Waals surface area contributed by atoms with E-state index in [1.807, 2.05) is 49.4 Å². The first-order valence-corrected chi connectivity index (χ1v) is 10.5. The van der Waals surface area contributed by atoms with Crippen molar-refractivity contribution in [2.45, 2.75) is 19.4 Å². The van der Waals surface area contributed by atoms with Crippen molar-refractivity contribution in [2.75, 3.05) is 11.4 Å². The summed E-state index contributed by atoms with van der Waals surface area (Å²) in [6.45, 7) is 2.53. The fourth-order valence-corrected chi connectivity index (χ4v) is 4.04. The van der Waals surface area contributed by atoms with E-state index in [9.17, 15) is 14.0 Å². The molecule has 1 unspecified atom stereocenters. The van der Waals surface area contributed by atoms with Crippen molar-refractivity contribution in [1.29, 1.82) is 0 Å². The predicted octanol–water partition coefficient (Wildman–Crippen LogP) is 5.28. The molecule has 1 heterocycles. The summed E-state index contributed by atoms with van der Waals surface area (Å²) in [5.74, 6) is -0.657. The van der Waals surface area contributed by atoms with Gasteiger partial charge in [-0.25, -0.2) is 4.39 Å². The Morgan fingerprint density at radius 2 is 1.80 bits per heavy atom. The zero-order chi connectivity index (χ0) is 21.3. The van der Waals surface area contributed by atoms with Crippen LogP contribution in [0, 0.1) is 5.82 Å². The highest BCUT2D eigenvalue weighted by Crippen LogP contribution is 2.32. The van der Waals surface area contributed by atoms with Crippen molar-refractivity contribution < 1.29 is 14.0 Å². The van der Waals surface area contributed by atoms with Crippen LogP contribution in [0.4, 0.5) is 10.1 Å². The maximum Gasteiger partial charge on any atom is 0.258 e. The molecule has 0 aromatic heterocycles. The van der Waals surface area contributed by atoms with E-state index in [1.165, 1.54) is 24.3 Å². The molecule has 4 rings (SSSR count). The summed E-state index contributed by atoms with van der Waals surface area (Å²) in [6, 6.07) is 18.5. The van der Waals surface area contributed by atoms with Crippen LogP contribution in [0.2, 0.25) is 0 Å². The summed E-state index contributed by atoms with van der Waals surface area (Å²) in [7, 11) is 0. The average Bonchev–Trinajstić information content (AvgIpc) is 3.16. The van der Waals surface area contributed by atoms with E-state index in [1.54, 1.807) is 4.90 Å². The SMILES string of the molecule is CC(NC(=O)c1ccc(F)cc1)c1ccc2c(c1)CCN2C(=O)c1cccc(Br)c1. The Hall–Kier alpha value is -2.99. The summed E-state index contributed by atoms with van der Waals surface area (Å²) in [5, 5.41) is 2.94. The molecule has 0 saturated carbocycles. The molecule has 3 aromatic carbocycles. The number of fused-ring (bicyclic) bond motifs is 1. The van der Waals surface area contributed by atoms with Crippen LogP contribution in [0.3, 0.4) is 0 Å². The fraction of sp³-hybridized carbons (Fsp3) is 0.167. The first-order chi connectivity index (χ1) is 14.4. The number of nitrogens with one attached hydrogen (secondary N) is 1. The molecule has 30 heavy (non-hydrogen) atoms. The van der Waals surface area contributed by atoms with Crippen LogP contribution in [-0.4, -0.2) is 18.4 Å². The summed E-state index contributed by atoms with van der Waals surface area (Å²) >= 11 is 3.41. The largest absolute Gasteiger partial charge is 0.346 e. The lowest BCUT2D eigenvalue weighted by atomic mass is 10.0. The van der Waals surface area contributed by atoms with Crippen LogP contribution < -0.4 is 10.2 Å². The third-order valence-corrected chi connectivity index (χ3v) is 5.76. The molecule has 152 valence electrons. The lowest BCUT2D eigenvalue weighted by Crippen LogP contribution is -2.29. The summed E-state index contributed by atoms with van der Waals surface area (Å²) < 4.78 is 13.9. The minimum absolute atomic E-state index is 0.0274. The zero-order valence-corrected chi connectivity index (χ0v) is 17.9. The molecule has 0 aliphatic carbocycles. The molecule has 1 N–H and O–H groups in total. The van der Waals surface area contributed by atoms with E-state index in [4.69, 9.17) is 0 Å². The van der Waals surface area contributed by atoms with Gasteiger partial charge in [-0.05, 0) is 73.0 Å². The fourth-order valence-electron chi connectivity index (χ4n) is 3.64. The maximum atomic E-state index is 13.1. The quantitative estimate of drug-likeness (QED) is 0.568. The van der Waals surface area contributed by atoms with Crippen LogP contribution >= 0.6 is 15.9 Å². The number of amides is 2. The van der Waals surface area contributed by atoms with Gasteiger partial charge >= 0.3 is 0 Å². The first kappa shape index (κ1) is 20.3. The van der Waals surface area contributed by atoms with Crippen molar-refractivity contribution in [3.63, 3.8) is 0 Å². The second kappa shape index (κ2) is 8.40. The van der Waals surface area contributed by atoms with E-state index in [0.29, 0.717) is 17.7 Å². The molecule has 3 aromatic rings. The molecule has 1 aliphatic rings. The molecule has 2 amide bonds. The van der Waals surface area contributed by atoms with Gasteiger partial charge in [0.05, 0.1) is 6.04 Å². The number of carbonyl (C=O) groups is 2. The van der Waals surface area contributed by atoms with Gasteiger partial charge in [-0.2, -0.15) is 0 Å². The number of benzene rings is 3. The van der Waals surface area contributed by atoms with Gasteiger partial charge in [0.15, 0.2) is 0 Å². The normalized spacial score (nSPS) is 13.6. The Bertz CT molecular complexity index is 1110. The summed E-state index contributed by atoms with van der Waals surface area (Å²) in [4.78, 5) is 27.1. The Labute approximate surface area is 182 Å². The Balaban J connectivity index is 1.50. The van der Waals surface area contributed by atoms with Crippen molar-refractivity contribution in [1.82, 2.24) is 5.32 Å². The molecule has 0 radical (unpaired) electrons. The lowest BCUT2D eigenvalue weighted by Gasteiger charge is -2.19. The first-order valence-electron chi connectivity index (χ1n) is 9.69. The van der Waals surface area contributed by atoms with Crippen molar-refractivity contribution in [2.24, 2.45) is 0 Å². The molecule has 1 atom stereocenters. The third kappa shape index (κ3) is 4.14. The van der Waals surface area contributed by atoms with Gasteiger partial charge in [-0.15, -0.1) is 0 Å². The Morgan fingerprint density at radius 3 is 2.53 bits per heavy atom. The topological polar surface area (TPSA) is 49.4 Å². The van der Waals surface area contributed by atoms with E-state index in [2.05, 4.69) is 21.2 Å². The van der Waals surface area contributed by atoms with Crippen LogP contribution in [0.15, 0.2) is 71.2 Å². The van der Waals surface area contributed by atoms with Crippen LogP contribution in [0.5, 0.6) is 0 Å². The van der Waals surface area contributed by atoms with Gasteiger partial charge in [0.2, 0.25) is 0 Å². The van der Waals surface area contributed by atoms with Gasteiger partial charge in [0, 0.05) is 27.8 Å². The Morgan fingerprint density at radius 1 is 1.03 bits per heavy atom. The second-order valence-electron chi connectivity index (χ2n) is 7.31. The Kier molecular flexibility index (Phi) is 5.68. The number of carbonyl (C=O) groups excluding carboxylic acids is 2. The van der Waals surface area contributed by atoms with E-state index in [0.717, 1.165) is 27.7 Å². The van der Waals surface area contributed by atoms with Gasteiger partial charge in [-0.1, -0.05) is 34.1 Å². The van der Waals surface area contributed by atoms with Crippen molar-refractivity contribution in [3.8, 4) is 0 Å². The summed E-state index contributed by atoms with van der Waals surface area (Å²) in [5.41, 5.74) is 4.00. The monoisotopic (exact) mass is 466 g/mol. The highest BCUT2D eigenvalue weighted by atomic mass is 79.9. The lowest BCUT2D eigenvalue weighted by molar-refractivity contribution is 0.0938. The van der Waals surface area contributed by atoms with Crippen molar-refractivity contribution in [3.05, 3.63) is 99.3 Å². The highest BCUT2D eigenvalue weighted by Gasteiger charge is 2.26. The minimum Gasteiger partial charge on any atom is -0.346 e. The van der Waals surface area contributed by atoms with Gasteiger partial charge in [0.1, 0.15) is 5.82 Å².